The second kappa shape index (κ2) is 5.65. The highest BCUT2D eigenvalue weighted by Crippen LogP contribution is 2.23. The van der Waals surface area contributed by atoms with Gasteiger partial charge in [-0.25, -0.2) is 4.98 Å². The molecule has 0 radical (unpaired) electrons. The number of aryl methyl sites for hydroxylation is 2. The van der Waals surface area contributed by atoms with Gasteiger partial charge in [-0.3, -0.25) is 0 Å². The van der Waals surface area contributed by atoms with E-state index in [1.165, 1.54) is 4.88 Å². The average molecular weight is 312 g/mol. The number of benzene rings is 1. The summed E-state index contributed by atoms with van der Waals surface area (Å²) in [6.45, 7) is 4.66. The number of thiazole rings is 1. The molecule has 1 heterocycles. The molecule has 0 saturated heterocycles. The summed E-state index contributed by atoms with van der Waals surface area (Å²) >= 11 is 5.16. The van der Waals surface area contributed by atoms with Gasteiger partial charge in [0.1, 0.15) is 17.4 Å². The Bertz CT molecular complexity index is 490. The van der Waals surface area contributed by atoms with Crippen LogP contribution in [0.3, 0.4) is 0 Å². The van der Waals surface area contributed by atoms with Gasteiger partial charge in [-0.2, -0.15) is 0 Å². The first kappa shape index (κ1) is 12.6. The zero-order valence-corrected chi connectivity index (χ0v) is 12.3. The van der Waals surface area contributed by atoms with Crippen LogP contribution in [-0.4, -0.2) is 4.98 Å². The molecule has 0 N–H and O–H groups in total. The maximum atomic E-state index is 5.80. The third-order valence-corrected chi connectivity index (χ3v) is 4.19. The quantitative estimate of drug-likeness (QED) is 0.788. The number of ether oxygens (including phenoxy) is 1. The Kier molecular flexibility index (Phi) is 4.18. The Labute approximate surface area is 114 Å². The van der Waals surface area contributed by atoms with Crippen molar-refractivity contribution < 1.29 is 4.74 Å². The number of nitrogens with zero attached hydrogens (tertiary/aromatic N) is 1. The maximum absolute atomic E-state index is 5.80. The van der Waals surface area contributed by atoms with Crippen LogP contribution in [0.5, 0.6) is 5.75 Å². The first-order valence-electron chi connectivity index (χ1n) is 5.40. The molecule has 1 aromatic heterocycles. The van der Waals surface area contributed by atoms with E-state index in [1.54, 1.807) is 11.3 Å². The van der Waals surface area contributed by atoms with E-state index in [0.29, 0.717) is 6.61 Å². The lowest BCUT2D eigenvalue weighted by atomic mass is 10.2. The molecule has 0 fully saturated rings. The fraction of sp³-hybridized carbons (Fsp3) is 0.308. The zero-order valence-electron chi connectivity index (χ0n) is 9.87. The molecular weight excluding hydrogens is 298 g/mol. The predicted molar refractivity (Wildman–Crippen MR) is 75.0 cm³/mol. The molecule has 0 unspecified atom stereocenters. The first-order valence-corrected chi connectivity index (χ1v) is 7.34. The summed E-state index contributed by atoms with van der Waals surface area (Å²) in [5, 5.41) is 1.84. The summed E-state index contributed by atoms with van der Waals surface area (Å²) in [7, 11) is 0. The van der Waals surface area contributed by atoms with Gasteiger partial charge in [-0.05, 0) is 19.9 Å². The number of para-hydroxylation sites is 1. The van der Waals surface area contributed by atoms with E-state index in [-0.39, 0.29) is 0 Å². The van der Waals surface area contributed by atoms with Gasteiger partial charge in [0.05, 0.1) is 5.69 Å². The molecule has 0 aliphatic heterocycles. The third-order valence-electron chi connectivity index (χ3n) is 2.54. The van der Waals surface area contributed by atoms with Gasteiger partial charge >= 0.3 is 0 Å². The minimum Gasteiger partial charge on any atom is -0.486 e. The number of aromatic nitrogens is 1. The lowest BCUT2D eigenvalue weighted by Gasteiger charge is -2.07. The van der Waals surface area contributed by atoms with Crippen molar-refractivity contribution in [3.05, 3.63) is 45.4 Å². The Balaban J connectivity index is 2.07. The van der Waals surface area contributed by atoms with E-state index in [1.807, 2.05) is 25.1 Å². The molecule has 0 spiro atoms. The van der Waals surface area contributed by atoms with Gasteiger partial charge in [0.25, 0.3) is 0 Å². The van der Waals surface area contributed by atoms with Crippen LogP contribution in [0.25, 0.3) is 0 Å². The van der Waals surface area contributed by atoms with E-state index in [0.717, 1.165) is 27.3 Å². The number of alkyl halides is 1. The van der Waals surface area contributed by atoms with Crippen molar-refractivity contribution in [2.24, 2.45) is 0 Å². The van der Waals surface area contributed by atoms with Gasteiger partial charge in [-0.1, -0.05) is 34.1 Å². The molecule has 90 valence electrons. The van der Waals surface area contributed by atoms with Crippen LogP contribution in [-0.2, 0) is 11.9 Å². The zero-order chi connectivity index (χ0) is 12.3. The average Bonchev–Trinajstić information content (AvgIpc) is 2.66. The SMILES string of the molecule is Cc1nc(COc2ccccc2CBr)sc1C. The summed E-state index contributed by atoms with van der Waals surface area (Å²) in [5.41, 5.74) is 2.26. The van der Waals surface area contributed by atoms with E-state index in [9.17, 15) is 0 Å². The molecule has 0 aliphatic carbocycles. The van der Waals surface area contributed by atoms with Crippen LogP contribution in [0, 0.1) is 13.8 Å². The normalized spacial score (nSPS) is 10.5. The smallest absolute Gasteiger partial charge is 0.140 e. The van der Waals surface area contributed by atoms with Gasteiger partial charge < -0.3 is 4.74 Å². The minimum absolute atomic E-state index is 0.545. The molecule has 0 bridgehead atoms. The van der Waals surface area contributed by atoms with Crippen molar-refractivity contribution in [3.8, 4) is 5.75 Å². The lowest BCUT2D eigenvalue weighted by Crippen LogP contribution is -1.97. The van der Waals surface area contributed by atoms with Gasteiger partial charge in [0, 0.05) is 15.8 Å². The maximum Gasteiger partial charge on any atom is 0.140 e. The van der Waals surface area contributed by atoms with Crippen molar-refractivity contribution in [3.63, 3.8) is 0 Å². The molecule has 0 aliphatic rings. The topological polar surface area (TPSA) is 22.1 Å². The van der Waals surface area contributed by atoms with Crippen molar-refractivity contribution >= 4 is 27.3 Å². The van der Waals surface area contributed by atoms with E-state index in [2.05, 4.69) is 33.9 Å². The first-order chi connectivity index (χ1) is 8.20. The van der Waals surface area contributed by atoms with Gasteiger partial charge in [-0.15, -0.1) is 11.3 Å². The summed E-state index contributed by atoms with van der Waals surface area (Å²) < 4.78 is 5.80. The van der Waals surface area contributed by atoms with E-state index < -0.39 is 0 Å². The molecule has 0 atom stereocenters. The molecule has 2 aromatic rings. The summed E-state index contributed by atoms with van der Waals surface area (Å²) in [6.07, 6.45) is 0. The second-order valence-electron chi connectivity index (χ2n) is 3.78. The Morgan fingerprint density at radius 3 is 2.71 bits per heavy atom. The van der Waals surface area contributed by atoms with Gasteiger partial charge in [0.15, 0.2) is 0 Å². The van der Waals surface area contributed by atoms with Crippen LogP contribution < -0.4 is 4.74 Å². The second-order valence-corrected chi connectivity index (χ2v) is 5.63. The van der Waals surface area contributed by atoms with Crippen LogP contribution in [0.1, 0.15) is 21.1 Å². The molecule has 0 amide bonds. The standard InChI is InChI=1S/C13H14BrNOS/c1-9-10(2)17-13(15-9)8-16-12-6-4-3-5-11(12)7-14/h3-6H,7-8H2,1-2H3. The number of hydrogen-bond donors (Lipinski definition) is 0. The van der Waals surface area contributed by atoms with Crippen LogP contribution >= 0.6 is 27.3 Å². The molecule has 4 heteroatoms. The highest BCUT2D eigenvalue weighted by Gasteiger charge is 2.06. The number of hydrogen-bond acceptors (Lipinski definition) is 3. The molecule has 1 aromatic carbocycles. The predicted octanol–water partition coefficient (Wildman–Crippen LogP) is 4.23. The van der Waals surface area contributed by atoms with E-state index in [4.69, 9.17) is 4.74 Å². The number of rotatable bonds is 4. The fourth-order valence-corrected chi connectivity index (χ4v) is 2.81. The Morgan fingerprint density at radius 2 is 2.06 bits per heavy atom. The highest BCUT2D eigenvalue weighted by atomic mass is 79.9. The monoisotopic (exact) mass is 311 g/mol. The Morgan fingerprint density at radius 1 is 1.29 bits per heavy atom. The summed E-state index contributed by atoms with van der Waals surface area (Å²) in [6, 6.07) is 8.05. The lowest BCUT2D eigenvalue weighted by molar-refractivity contribution is 0.303. The van der Waals surface area contributed by atoms with Crippen LogP contribution in [0.2, 0.25) is 0 Å². The molecule has 17 heavy (non-hydrogen) atoms. The molecular formula is C13H14BrNOS. The molecule has 0 saturated carbocycles. The van der Waals surface area contributed by atoms with E-state index >= 15 is 0 Å². The van der Waals surface area contributed by atoms with Gasteiger partial charge in [0.2, 0.25) is 0 Å². The molecule has 2 nitrogen and oxygen atoms in total. The number of halogens is 1. The molecule has 2 rings (SSSR count). The van der Waals surface area contributed by atoms with Crippen molar-refractivity contribution in [2.45, 2.75) is 25.8 Å². The van der Waals surface area contributed by atoms with Crippen LogP contribution in [0.4, 0.5) is 0 Å². The summed E-state index contributed by atoms with van der Waals surface area (Å²) in [5.74, 6) is 0.926. The van der Waals surface area contributed by atoms with Crippen LogP contribution in [0.15, 0.2) is 24.3 Å². The van der Waals surface area contributed by atoms with Crippen molar-refractivity contribution in [1.82, 2.24) is 4.98 Å². The van der Waals surface area contributed by atoms with Crippen molar-refractivity contribution in [1.29, 1.82) is 0 Å². The largest absolute Gasteiger partial charge is 0.486 e. The highest BCUT2D eigenvalue weighted by molar-refractivity contribution is 9.08. The third kappa shape index (κ3) is 3.07. The Hall–Kier alpha value is -0.870. The minimum atomic E-state index is 0.545. The van der Waals surface area contributed by atoms with Crippen molar-refractivity contribution in [2.75, 3.05) is 0 Å². The summed E-state index contributed by atoms with van der Waals surface area (Å²) in [4.78, 5) is 5.72. The fourth-order valence-electron chi connectivity index (χ4n) is 1.50.